The van der Waals surface area contributed by atoms with Gasteiger partial charge in [-0.1, -0.05) is 351 Å². The molecular weight excluding hydrogens is 1150 g/mol. The van der Waals surface area contributed by atoms with Crippen LogP contribution in [-0.2, 0) is 4.57 Å². The van der Waals surface area contributed by atoms with Gasteiger partial charge < -0.3 is 32.7 Å². The molecule has 0 saturated carbocycles. The molecule has 0 aromatic heterocycles. The first-order valence-electron chi connectivity index (χ1n) is 42.8. The van der Waals surface area contributed by atoms with Crippen molar-refractivity contribution in [3.05, 3.63) is 0 Å². The van der Waals surface area contributed by atoms with E-state index in [1.165, 1.54) is 477 Å². The number of rotatable bonds is 72. The summed E-state index contributed by atoms with van der Waals surface area (Å²) in [5, 5.41) is 0. The number of phosphoric acid groups is 1. The van der Waals surface area contributed by atoms with Crippen LogP contribution in [0.3, 0.4) is 0 Å². The molecule has 0 bridgehead atoms. The van der Waals surface area contributed by atoms with Crippen LogP contribution < -0.4 is 14.7 Å². The lowest BCUT2D eigenvalue weighted by atomic mass is 10.1. The van der Waals surface area contributed by atoms with Crippen molar-refractivity contribution in [1.29, 1.82) is 0 Å². The highest BCUT2D eigenvalue weighted by atomic mass is 31.2. The topological polar surface area (TPSA) is 86.2 Å². The fraction of sp³-hybridized carbons (Fsp3) is 1.00. The molecular formula is C84H180N3O4P. The Balaban J connectivity index is -0.000000607. The molecule has 0 spiro atoms. The first-order valence-corrected chi connectivity index (χ1v) is 44.2. The molecule has 0 aliphatic carbocycles. The molecule has 0 aromatic rings. The maximum Gasteiger partial charge on any atom is 0.0784 e. The quantitative estimate of drug-likeness (QED) is 0.0345. The minimum absolute atomic E-state index is 1.36. The number of hydrogen-bond acceptors (Lipinski definition) is 4. The van der Waals surface area contributed by atoms with Crippen LogP contribution in [0.5, 0.6) is 0 Å². The van der Waals surface area contributed by atoms with Crippen molar-refractivity contribution >= 4 is 7.82 Å². The van der Waals surface area contributed by atoms with Gasteiger partial charge in [-0.15, -0.1) is 0 Å². The Morgan fingerprint density at radius 1 is 0.163 bits per heavy atom. The third-order valence-corrected chi connectivity index (χ3v) is 20.7. The first kappa shape index (κ1) is 98.4. The van der Waals surface area contributed by atoms with Crippen LogP contribution in [-0.4, -0.2) is 93.5 Å². The first-order chi connectivity index (χ1) is 44.5. The largest absolute Gasteiger partial charge is 0.822 e. The normalized spacial score (nSPS) is 12.0. The smallest absolute Gasteiger partial charge is 0.0784 e. The monoisotopic (exact) mass is 1330 g/mol. The third kappa shape index (κ3) is 88.0. The van der Waals surface area contributed by atoms with Gasteiger partial charge in [-0.25, -0.2) is 0 Å². The lowest BCUT2D eigenvalue weighted by molar-refractivity contribution is -0.910. The van der Waals surface area contributed by atoms with Crippen molar-refractivity contribution in [1.82, 2.24) is 0 Å². The van der Waals surface area contributed by atoms with E-state index in [-0.39, 0.29) is 0 Å². The predicted octanol–water partition coefficient (Wildman–Crippen LogP) is 26.2. The van der Waals surface area contributed by atoms with E-state index in [0.717, 1.165) is 0 Å². The molecule has 0 N–H and O–H groups in total. The van der Waals surface area contributed by atoms with Crippen LogP contribution in [0.1, 0.15) is 467 Å². The standard InChI is InChI=1S/3C28H60N.H3O4P/c3*1-5-8-11-14-17-20-23-26-29(4,27-24-21-18-15-12-9-6-2)28-25-22-19-16-13-10-7-3;1-5(2,3)4/h3*5-28H2,1-4H3;(H3,1,2,3,4)/q3*+1;/p-3. The summed E-state index contributed by atoms with van der Waals surface area (Å²) in [6.45, 7) is 33.7. The minimum Gasteiger partial charge on any atom is -0.822 e. The summed E-state index contributed by atoms with van der Waals surface area (Å²) in [6, 6.07) is 0. The van der Waals surface area contributed by atoms with Crippen molar-refractivity contribution in [3.63, 3.8) is 0 Å². The average Bonchev–Trinajstić information content (AvgIpc) is 1.59. The molecule has 0 amide bonds. The summed E-state index contributed by atoms with van der Waals surface area (Å²) >= 11 is 0. The van der Waals surface area contributed by atoms with E-state index in [2.05, 4.69) is 83.5 Å². The number of quaternary nitrogens is 3. The third-order valence-electron chi connectivity index (χ3n) is 20.7. The maximum atomic E-state index is 8.55. The average molecular weight is 1330 g/mol. The lowest BCUT2D eigenvalue weighted by Crippen LogP contribution is -2.46. The van der Waals surface area contributed by atoms with E-state index in [1.54, 1.807) is 0 Å². The van der Waals surface area contributed by atoms with E-state index in [9.17, 15) is 0 Å². The fourth-order valence-corrected chi connectivity index (χ4v) is 14.1. The Morgan fingerprint density at radius 3 is 0.304 bits per heavy atom. The predicted molar refractivity (Wildman–Crippen MR) is 412 cm³/mol. The minimum atomic E-state index is -5.39. The van der Waals surface area contributed by atoms with Crippen molar-refractivity contribution in [2.45, 2.75) is 467 Å². The van der Waals surface area contributed by atoms with Crippen LogP contribution in [0.4, 0.5) is 0 Å². The molecule has 0 atom stereocenters. The van der Waals surface area contributed by atoms with Gasteiger partial charge >= 0.3 is 0 Å². The Labute approximate surface area is 584 Å². The van der Waals surface area contributed by atoms with Gasteiger partial charge in [0.25, 0.3) is 0 Å². The molecule has 0 aromatic carbocycles. The molecule has 0 unspecified atom stereocenters. The second kappa shape index (κ2) is 80.0. The molecule has 7 nitrogen and oxygen atoms in total. The lowest BCUT2D eigenvalue weighted by Gasteiger charge is -2.36. The van der Waals surface area contributed by atoms with Crippen molar-refractivity contribution in [3.8, 4) is 0 Å². The van der Waals surface area contributed by atoms with E-state index in [4.69, 9.17) is 19.2 Å². The van der Waals surface area contributed by atoms with Gasteiger partial charge in [0.15, 0.2) is 0 Å². The molecule has 560 valence electrons. The van der Waals surface area contributed by atoms with Gasteiger partial charge in [0.05, 0.1) is 80.0 Å². The van der Waals surface area contributed by atoms with E-state index < -0.39 is 7.82 Å². The van der Waals surface area contributed by atoms with Gasteiger partial charge in [-0.3, -0.25) is 0 Å². The van der Waals surface area contributed by atoms with E-state index in [0.29, 0.717) is 0 Å². The SMILES string of the molecule is CCCCCCCCC[N+](C)(CCCCCCCCC)CCCCCCCCC.CCCCCCCCC[N+](C)(CCCCCCCCC)CCCCCCCCC.CCCCCCCCC[N+](C)(CCCCCCCCC)CCCCCCCCC.O=P([O-])([O-])[O-]. The number of unbranched alkanes of at least 4 members (excludes halogenated alkanes) is 54. The zero-order valence-electron chi connectivity index (χ0n) is 66.3. The van der Waals surface area contributed by atoms with Crippen LogP contribution in [0.2, 0.25) is 0 Å². The van der Waals surface area contributed by atoms with E-state index in [1.807, 2.05) is 0 Å². The maximum absolute atomic E-state index is 8.55. The Morgan fingerprint density at radius 2 is 0.228 bits per heavy atom. The highest BCUT2D eigenvalue weighted by Gasteiger charge is 2.23. The molecule has 8 heteroatoms. The van der Waals surface area contributed by atoms with Gasteiger partial charge in [-0.05, 0) is 116 Å². The summed E-state index contributed by atoms with van der Waals surface area (Å²) in [6.07, 6.45) is 91.0. The van der Waals surface area contributed by atoms with Crippen molar-refractivity contribution in [2.75, 3.05) is 80.0 Å². The second-order valence-corrected chi connectivity index (χ2v) is 31.8. The molecule has 0 fully saturated rings. The van der Waals surface area contributed by atoms with Crippen molar-refractivity contribution < 1.29 is 32.7 Å². The van der Waals surface area contributed by atoms with Crippen molar-refractivity contribution in [2.24, 2.45) is 0 Å². The summed E-state index contributed by atoms with van der Waals surface area (Å²) in [5.74, 6) is 0. The van der Waals surface area contributed by atoms with Gasteiger partial charge in [0, 0.05) is 0 Å². The Hall–Kier alpha value is -0.0100. The number of hydrogen-bond donors (Lipinski definition) is 0. The zero-order chi connectivity index (χ0) is 68.9. The number of nitrogens with zero attached hydrogens (tertiary/aromatic N) is 3. The molecule has 0 radical (unpaired) electrons. The van der Waals surface area contributed by atoms with Crippen LogP contribution >= 0.6 is 7.82 Å². The molecule has 0 aliphatic rings. The van der Waals surface area contributed by atoms with Gasteiger partial charge in [0.1, 0.15) is 0 Å². The molecule has 0 rings (SSSR count). The fourth-order valence-electron chi connectivity index (χ4n) is 14.1. The van der Waals surface area contributed by atoms with Crippen LogP contribution in [0.15, 0.2) is 0 Å². The molecule has 0 heterocycles. The highest BCUT2D eigenvalue weighted by Crippen LogP contribution is 2.21. The summed E-state index contributed by atoms with van der Waals surface area (Å²) in [5.41, 5.74) is 0. The summed E-state index contributed by atoms with van der Waals surface area (Å²) in [4.78, 5) is 25.6. The Kier molecular flexibility index (Phi) is 85.5. The Bertz CT molecular complexity index is 1070. The van der Waals surface area contributed by atoms with Crippen LogP contribution in [0, 0.1) is 0 Å². The molecule has 0 saturated heterocycles. The zero-order valence-corrected chi connectivity index (χ0v) is 67.2. The molecule has 0 aliphatic heterocycles. The summed E-state index contributed by atoms with van der Waals surface area (Å²) < 4.78 is 12.6. The van der Waals surface area contributed by atoms with Gasteiger partial charge in [-0.2, -0.15) is 7.82 Å². The summed E-state index contributed by atoms with van der Waals surface area (Å²) in [7, 11) is 2.34. The second-order valence-electron chi connectivity index (χ2n) is 30.9. The van der Waals surface area contributed by atoms with E-state index >= 15 is 0 Å². The molecule has 92 heavy (non-hydrogen) atoms. The highest BCUT2D eigenvalue weighted by molar-refractivity contribution is 7.40. The van der Waals surface area contributed by atoms with Gasteiger partial charge in [0.2, 0.25) is 0 Å². The van der Waals surface area contributed by atoms with Crippen LogP contribution in [0.25, 0.3) is 0 Å².